The Bertz CT molecular complexity index is 820. The number of benzene rings is 1. The number of carbonyl (C=O) groups excluding carboxylic acids is 1. The normalized spacial score (nSPS) is 15.1. The topological polar surface area (TPSA) is 82.6 Å². The van der Waals surface area contributed by atoms with E-state index in [0.29, 0.717) is 13.1 Å². The highest BCUT2D eigenvalue weighted by Crippen LogP contribution is 2.13. The van der Waals surface area contributed by atoms with Gasteiger partial charge in [-0.2, -0.15) is 0 Å². The first-order chi connectivity index (χ1) is 12.6. The molecule has 2 heterocycles. The third-order valence-electron chi connectivity index (χ3n) is 4.29. The molecule has 1 aliphatic heterocycles. The molecular weight excluding hydrogens is 352 g/mol. The Kier molecular flexibility index (Phi) is 5.85. The molecule has 0 atom stereocenters. The number of nitrogens with zero attached hydrogens (tertiary/aromatic N) is 3. The number of hydrogen-bond acceptors (Lipinski definition) is 5. The van der Waals surface area contributed by atoms with Crippen molar-refractivity contribution in [1.29, 1.82) is 0 Å². The average molecular weight is 374 g/mol. The molecule has 0 unspecified atom stereocenters. The zero-order valence-corrected chi connectivity index (χ0v) is 15.2. The minimum Gasteiger partial charge on any atom is -0.353 e. The fourth-order valence-corrected chi connectivity index (χ4v) is 3.91. The van der Waals surface area contributed by atoms with Crippen molar-refractivity contribution in [3.05, 3.63) is 54.7 Å². The van der Waals surface area contributed by atoms with Crippen LogP contribution in [0, 0.1) is 0 Å². The second-order valence-electron chi connectivity index (χ2n) is 6.02. The van der Waals surface area contributed by atoms with Gasteiger partial charge in [-0.15, -0.1) is 0 Å². The van der Waals surface area contributed by atoms with Crippen LogP contribution in [0.1, 0.15) is 6.42 Å². The summed E-state index contributed by atoms with van der Waals surface area (Å²) < 4.78 is 26.8. The molecule has 1 aliphatic rings. The van der Waals surface area contributed by atoms with Crippen molar-refractivity contribution in [2.24, 2.45) is 0 Å². The maximum Gasteiger partial charge on any atom is 0.240 e. The molecule has 1 aromatic carbocycles. The maximum atomic E-state index is 12.3. The van der Waals surface area contributed by atoms with Crippen molar-refractivity contribution in [2.75, 3.05) is 37.6 Å². The van der Waals surface area contributed by atoms with Crippen LogP contribution in [-0.4, -0.2) is 56.9 Å². The van der Waals surface area contributed by atoms with Gasteiger partial charge in [0.25, 0.3) is 0 Å². The Morgan fingerprint density at radius 2 is 1.69 bits per heavy atom. The summed E-state index contributed by atoms with van der Waals surface area (Å²) in [5.74, 6) is 0.872. The molecule has 138 valence electrons. The first-order valence-corrected chi connectivity index (χ1v) is 10.0. The zero-order valence-electron chi connectivity index (χ0n) is 14.4. The number of nitrogens with one attached hydrogen (secondary N) is 1. The van der Waals surface area contributed by atoms with Gasteiger partial charge in [-0.05, 0) is 24.3 Å². The Hall–Kier alpha value is -2.45. The Morgan fingerprint density at radius 3 is 2.35 bits per heavy atom. The first-order valence-electron chi connectivity index (χ1n) is 8.55. The second-order valence-corrected chi connectivity index (χ2v) is 7.78. The lowest BCUT2D eigenvalue weighted by Crippen LogP contribution is -2.49. The maximum absolute atomic E-state index is 12.3. The van der Waals surface area contributed by atoms with Crippen molar-refractivity contribution in [2.45, 2.75) is 11.3 Å². The zero-order chi connectivity index (χ0) is 18.4. The van der Waals surface area contributed by atoms with E-state index in [1.165, 1.54) is 12.1 Å². The van der Waals surface area contributed by atoms with Crippen LogP contribution in [0.15, 0.2) is 59.6 Å². The number of anilines is 1. The van der Waals surface area contributed by atoms with Gasteiger partial charge in [0.2, 0.25) is 15.9 Å². The van der Waals surface area contributed by atoms with E-state index in [9.17, 15) is 13.2 Å². The minimum absolute atomic E-state index is 0.0403. The molecule has 2 aromatic rings. The van der Waals surface area contributed by atoms with E-state index < -0.39 is 10.0 Å². The van der Waals surface area contributed by atoms with Crippen molar-refractivity contribution >= 4 is 21.7 Å². The smallest absolute Gasteiger partial charge is 0.240 e. The monoisotopic (exact) mass is 374 g/mol. The lowest BCUT2D eigenvalue weighted by molar-refractivity contribution is -0.131. The molecular formula is C18H22N4O3S. The van der Waals surface area contributed by atoms with Gasteiger partial charge in [0.1, 0.15) is 5.82 Å². The lowest BCUT2D eigenvalue weighted by Gasteiger charge is -2.35. The van der Waals surface area contributed by atoms with E-state index in [1.807, 2.05) is 18.2 Å². The van der Waals surface area contributed by atoms with Crippen molar-refractivity contribution in [1.82, 2.24) is 14.6 Å². The Labute approximate surface area is 153 Å². The summed E-state index contributed by atoms with van der Waals surface area (Å²) in [6, 6.07) is 13.9. The number of piperazine rings is 1. The summed E-state index contributed by atoms with van der Waals surface area (Å²) >= 11 is 0. The highest BCUT2D eigenvalue weighted by molar-refractivity contribution is 7.89. The summed E-state index contributed by atoms with van der Waals surface area (Å²) in [4.78, 5) is 20.8. The molecule has 8 heteroatoms. The van der Waals surface area contributed by atoms with Crippen LogP contribution in [0.3, 0.4) is 0 Å². The van der Waals surface area contributed by atoms with E-state index in [1.54, 1.807) is 29.3 Å². The highest BCUT2D eigenvalue weighted by Gasteiger charge is 2.22. The molecule has 0 bridgehead atoms. The molecule has 26 heavy (non-hydrogen) atoms. The van der Waals surface area contributed by atoms with E-state index in [-0.39, 0.29) is 23.8 Å². The molecule has 1 aromatic heterocycles. The van der Waals surface area contributed by atoms with Crippen LogP contribution in [0.4, 0.5) is 5.82 Å². The lowest BCUT2D eigenvalue weighted by atomic mass is 10.2. The number of rotatable bonds is 6. The molecule has 0 spiro atoms. The Morgan fingerprint density at radius 1 is 1.00 bits per heavy atom. The molecule has 1 saturated heterocycles. The molecule has 1 fully saturated rings. The van der Waals surface area contributed by atoms with Crippen LogP contribution in [0.5, 0.6) is 0 Å². The third kappa shape index (κ3) is 4.59. The van der Waals surface area contributed by atoms with Gasteiger partial charge in [-0.3, -0.25) is 4.79 Å². The summed E-state index contributed by atoms with van der Waals surface area (Å²) in [5, 5.41) is 0. The van der Waals surface area contributed by atoms with Crippen LogP contribution < -0.4 is 9.62 Å². The van der Waals surface area contributed by atoms with Gasteiger partial charge in [0.05, 0.1) is 4.90 Å². The van der Waals surface area contributed by atoms with Gasteiger partial charge in [-0.1, -0.05) is 24.3 Å². The van der Waals surface area contributed by atoms with Crippen molar-refractivity contribution in [3.8, 4) is 0 Å². The van der Waals surface area contributed by atoms with E-state index in [4.69, 9.17) is 0 Å². The Balaban J connectivity index is 1.45. The van der Waals surface area contributed by atoms with Crippen molar-refractivity contribution < 1.29 is 13.2 Å². The van der Waals surface area contributed by atoms with Gasteiger partial charge < -0.3 is 9.80 Å². The van der Waals surface area contributed by atoms with Gasteiger partial charge >= 0.3 is 0 Å². The molecule has 0 radical (unpaired) electrons. The second kappa shape index (κ2) is 8.29. The highest BCUT2D eigenvalue weighted by atomic mass is 32.2. The third-order valence-corrected chi connectivity index (χ3v) is 5.77. The number of pyridine rings is 1. The minimum atomic E-state index is -3.57. The van der Waals surface area contributed by atoms with Crippen molar-refractivity contribution in [3.63, 3.8) is 0 Å². The largest absolute Gasteiger partial charge is 0.353 e. The quantitative estimate of drug-likeness (QED) is 0.819. The van der Waals surface area contributed by atoms with E-state index >= 15 is 0 Å². The van der Waals surface area contributed by atoms with Crippen LogP contribution in [0.25, 0.3) is 0 Å². The molecule has 0 saturated carbocycles. The fraction of sp³-hybridized carbons (Fsp3) is 0.333. The number of hydrogen-bond donors (Lipinski definition) is 1. The van der Waals surface area contributed by atoms with Gasteiger partial charge in [0.15, 0.2) is 0 Å². The summed E-state index contributed by atoms with van der Waals surface area (Å²) in [7, 11) is -3.57. The van der Waals surface area contributed by atoms with Crippen LogP contribution in [0.2, 0.25) is 0 Å². The predicted octanol–water partition coefficient (Wildman–Crippen LogP) is 1.10. The van der Waals surface area contributed by atoms with Gasteiger partial charge in [0, 0.05) is 45.3 Å². The number of amides is 1. The standard InChI is InChI=1S/C18H22N4O3S/c23-18(9-11-20-26(24,25)16-6-2-1-3-7-16)22-14-12-21(13-15-22)17-8-4-5-10-19-17/h1-8,10,20H,9,11-15H2. The van der Waals surface area contributed by atoms with Crippen LogP contribution in [-0.2, 0) is 14.8 Å². The number of aromatic nitrogens is 1. The summed E-state index contributed by atoms with van der Waals surface area (Å²) in [6.45, 7) is 2.76. The van der Waals surface area contributed by atoms with Crippen LogP contribution >= 0.6 is 0 Å². The molecule has 0 aliphatic carbocycles. The fourth-order valence-electron chi connectivity index (χ4n) is 2.86. The first kappa shape index (κ1) is 18.3. The van der Waals surface area contributed by atoms with E-state index in [2.05, 4.69) is 14.6 Å². The summed E-state index contributed by atoms with van der Waals surface area (Å²) in [6.07, 6.45) is 1.90. The average Bonchev–Trinajstić information content (AvgIpc) is 2.69. The summed E-state index contributed by atoms with van der Waals surface area (Å²) in [5.41, 5.74) is 0. The number of carbonyl (C=O) groups is 1. The molecule has 1 N–H and O–H groups in total. The molecule has 3 rings (SSSR count). The van der Waals surface area contributed by atoms with E-state index in [0.717, 1.165) is 18.9 Å². The SMILES string of the molecule is O=C(CCNS(=O)(=O)c1ccccc1)N1CCN(c2ccccn2)CC1. The molecule has 7 nitrogen and oxygen atoms in total. The predicted molar refractivity (Wildman–Crippen MR) is 99.3 cm³/mol. The number of sulfonamides is 1. The van der Waals surface area contributed by atoms with Gasteiger partial charge in [-0.25, -0.2) is 18.1 Å². The molecule has 1 amide bonds.